The zero-order valence-electron chi connectivity index (χ0n) is 44.1. The van der Waals surface area contributed by atoms with E-state index in [2.05, 4.69) is 24.1 Å². The van der Waals surface area contributed by atoms with E-state index >= 15 is 0 Å². The van der Waals surface area contributed by atoms with Gasteiger partial charge < -0.3 is 64.2 Å². The number of nitrogens with one attached hydrogen (secondary N) is 1. The molecule has 5 heterocycles. The number of ether oxygens (including phenoxy) is 3. The molecule has 0 aliphatic carbocycles. The van der Waals surface area contributed by atoms with Gasteiger partial charge in [0.2, 0.25) is 5.91 Å². The molecule has 2 aromatic rings. The highest BCUT2D eigenvalue weighted by atomic mass is 31.2. The maximum atomic E-state index is 14.8. The number of hydrogen-bond acceptors (Lipinski definition) is 15. The van der Waals surface area contributed by atoms with Crippen molar-refractivity contribution in [3.63, 3.8) is 0 Å². The summed E-state index contributed by atoms with van der Waals surface area (Å²) in [4.78, 5) is 107. The van der Waals surface area contributed by atoms with Gasteiger partial charge in [-0.3, -0.25) is 38.3 Å². The number of nitrogens with zero attached hydrogens (tertiary/aromatic N) is 4. The van der Waals surface area contributed by atoms with Crippen LogP contribution in [0.4, 0.5) is 5.69 Å². The first kappa shape index (κ1) is 58.3. The molecule has 2 amide bonds. The molecule has 9 atom stereocenters. The molecule has 8 N–H and O–H groups in total. The topological polar surface area (TPSA) is 315 Å². The minimum atomic E-state index is -5.45. The van der Waals surface area contributed by atoms with Gasteiger partial charge in [0.1, 0.15) is 35.2 Å². The Bertz CT molecular complexity index is 2860. The fourth-order valence-corrected chi connectivity index (χ4v) is 12.7. The number of rotatable bonds is 9. The zero-order chi connectivity index (χ0) is 55.3. The van der Waals surface area contributed by atoms with Crippen LogP contribution in [0.25, 0.3) is 10.8 Å². The van der Waals surface area contributed by atoms with E-state index in [9.17, 15) is 63.2 Å². The number of aromatic hydroxyl groups is 2. The Balaban J connectivity index is 1.43. The lowest BCUT2D eigenvalue weighted by Crippen LogP contribution is -2.44. The van der Waals surface area contributed by atoms with Gasteiger partial charge in [-0.25, -0.2) is 0 Å². The number of aliphatic hydroxyl groups is 1. The van der Waals surface area contributed by atoms with Crippen LogP contribution in [-0.2, 0) is 33.0 Å². The zero-order valence-corrected chi connectivity index (χ0v) is 45.9. The number of phenolic OH excluding ortho intramolecular Hbond substituents is 2. The van der Waals surface area contributed by atoms with Crippen molar-refractivity contribution in [2.24, 2.45) is 51.4 Å². The van der Waals surface area contributed by atoms with Gasteiger partial charge in [-0.2, -0.15) is 0 Å². The average molecular weight is 1070 g/mol. The van der Waals surface area contributed by atoms with Crippen LogP contribution in [0.5, 0.6) is 17.2 Å². The highest BCUT2D eigenvalue weighted by molar-refractivity contribution is 7.70. The summed E-state index contributed by atoms with van der Waals surface area (Å²) < 4.78 is 42.2. The van der Waals surface area contributed by atoms with Gasteiger partial charge in [0, 0.05) is 74.8 Å². The van der Waals surface area contributed by atoms with Crippen molar-refractivity contribution in [2.75, 3.05) is 38.5 Å². The first-order valence-electron chi connectivity index (χ1n) is 25.0. The number of benzene rings is 2. The molecule has 7 rings (SSSR count). The predicted molar refractivity (Wildman–Crippen MR) is 274 cm³/mol. The van der Waals surface area contributed by atoms with Gasteiger partial charge in [0.15, 0.2) is 16.8 Å². The number of phenols is 2. The molecule has 5 bridgehead atoms. The summed E-state index contributed by atoms with van der Waals surface area (Å²) in [6, 6.07) is 0. The number of esters is 1. The molecule has 2 aromatic carbocycles. The molecule has 1 spiro atoms. The Morgan fingerprint density at radius 3 is 2.09 bits per heavy atom. The largest absolute Gasteiger partial charge is 0.507 e. The van der Waals surface area contributed by atoms with Gasteiger partial charge in [-0.15, -0.1) is 0 Å². The number of hydrogen-bond donors (Lipinski definition) is 8. The number of likely N-dealkylation sites (tertiary alicyclic amines) is 1. The highest BCUT2D eigenvalue weighted by Crippen LogP contribution is 2.61. The van der Waals surface area contributed by atoms with Gasteiger partial charge in [0.25, 0.3) is 11.7 Å². The van der Waals surface area contributed by atoms with Crippen LogP contribution in [0.2, 0.25) is 0 Å². The molecule has 74 heavy (non-hydrogen) atoms. The van der Waals surface area contributed by atoms with Crippen molar-refractivity contribution >= 4 is 55.2 Å². The molecule has 23 heteroatoms. The maximum absolute atomic E-state index is 14.8. The van der Waals surface area contributed by atoms with Gasteiger partial charge in [-0.05, 0) is 49.5 Å². The van der Waals surface area contributed by atoms with Crippen LogP contribution in [0, 0.1) is 48.3 Å². The van der Waals surface area contributed by atoms with E-state index in [1.54, 1.807) is 39.0 Å². The summed E-state index contributed by atoms with van der Waals surface area (Å²) in [5.41, 5.74) is -0.820. The molecular formula is C51H73N5O16P2. The Hall–Kier alpha value is -4.98. The third kappa shape index (κ3) is 11.8. The predicted octanol–water partition coefficient (Wildman–Crippen LogP) is 5.16. The summed E-state index contributed by atoms with van der Waals surface area (Å²) in [7, 11) is -9.79. The summed E-state index contributed by atoms with van der Waals surface area (Å²) >= 11 is 0. The number of allylic oxidation sites excluding steroid dienone is 3. The fourth-order valence-electron chi connectivity index (χ4n) is 10.4. The normalized spacial score (nSPS) is 29.5. The Kier molecular flexibility index (Phi) is 17.3. The Labute approximate surface area is 430 Å². The first-order valence-corrected chi connectivity index (χ1v) is 28.3. The highest BCUT2D eigenvalue weighted by Gasteiger charge is 2.50. The van der Waals surface area contributed by atoms with Crippen LogP contribution in [-0.4, -0.2) is 131 Å². The minimum Gasteiger partial charge on any atom is -0.507 e. The number of carbonyl (C=O) groups is 4. The minimum absolute atomic E-state index is 0.0413. The summed E-state index contributed by atoms with van der Waals surface area (Å²) in [5, 5.41) is 36.6. The van der Waals surface area contributed by atoms with Crippen molar-refractivity contribution in [1.29, 1.82) is 0 Å². The monoisotopic (exact) mass is 1070 g/mol. The maximum Gasteiger partial charge on any atom is 0.341 e. The van der Waals surface area contributed by atoms with Gasteiger partial charge in [-0.1, -0.05) is 73.6 Å². The smallest absolute Gasteiger partial charge is 0.341 e. The van der Waals surface area contributed by atoms with E-state index in [1.807, 2.05) is 27.7 Å². The molecule has 0 saturated carbocycles. The number of ketones is 1. The van der Waals surface area contributed by atoms with Crippen LogP contribution in [0.1, 0.15) is 104 Å². The third-order valence-corrected chi connectivity index (χ3v) is 19.2. The second kappa shape index (κ2) is 21.9. The molecule has 1 fully saturated rings. The Morgan fingerprint density at radius 2 is 1.50 bits per heavy atom. The summed E-state index contributed by atoms with van der Waals surface area (Å²) in [6.45, 7) is 21.4. The molecule has 0 unspecified atom stereocenters. The van der Waals surface area contributed by atoms with Crippen molar-refractivity contribution in [3.8, 4) is 17.2 Å². The van der Waals surface area contributed by atoms with Crippen LogP contribution in [0.3, 0.4) is 0 Å². The number of piperidine rings is 1. The average Bonchev–Trinajstić information content (AvgIpc) is 3.81. The van der Waals surface area contributed by atoms with E-state index in [-0.39, 0.29) is 67.4 Å². The number of Topliss-reactive ketones (excluding diaryl/α,β-unsaturated/α-hetero) is 1. The van der Waals surface area contributed by atoms with Crippen LogP contribution >= 0.6 is 15.2 Å². The van der Waals surface area contributed by atoms with E-state index in [4.69, 9.17) is 24.2 Å². The molecule has 5 aliphatic heterocycles. The number of amides is 2. The molecule has 0 radical (unpaired) electrons. The van der Waals surface area contributed by atoms with Crippen molar-refractivity contribution < 1.29 is 77.4 Å². The molecular weight excluding hydrogens is 1000 g/mol. The van der Waals surface area contributed by atoms with Crippen LogP contribution < -0.4 is 20.8 Å². The standard InChI is InChI=1S/C51H73N5O16P2/c1-25(2)23-56-19-17-51(18-20-56)53-40-37-38-44(60)33(10)47-39(37)48(62)50(11,72-47)70-21-16-26(3)29(6)30(7)31(8)43(59)32(9)46(27(4)14-13-15-28(5)49(63)52-42(45(38)61)41(40)54-51)71-35(58)24-55(12)34(57)22-36(73(64,65)66)74(67,68)69/h13-16,21,25-27,29-32,36,43,46,59-61H,17-20,22-24H2,1-12H3,(H,52,63)(H2,64,65,66)(H2,67,68,69)/b14-13+,21-16+,28-15-/t26-,27-,29+,30+,31-,32-,43-,46-,50-/m0/s1. The van der Waals surface area contributed by atoms with Gasteiger partial charge >= 0.3 is 26.9 Å². The van der Waals surface area contributed by atoms with Crippen molar-refractivity contribution in [2.45, 2.75) is 124 Å². The Morgan fingerprint density at radius 1 is 0.892 bits per heavy atom. The summed E-state index contributed by atoms with van der Waals surface area (Å²) in [5.74, 6) is -8.21. The SMILES string of the molecule is C/C1=C/C=C/[C@H](C)[C@H](OC(=O)CN(C)C(=O)CC(P(=O)(O)O)P(=O)(O)O)[C@@H](C)[C@@H](O)[C@@H](C)[C@H](C)[C@H](C)[C@@H](C)/C=C/O[C@@]2(C)Oc3c(C)c(O)c4c(O)c(c5c(c4c3C2=O)=NC2(CCN(CC(C)C)CC2)N=5)NC1=O. The van der Waals surface area contributed by atoms with Gasteiger partial charge in [0.05, 0.1) is 35.1 Å². The number of likely N-dealkylation sites (N-methyl/N-ethyl adjacent to an activating group) is 1. The second-order valence-corrected chi connectivity index (χ2v) is 25.5. The third-order valence-electron chi connectivity index (χ3n) is 15.5. The number of carbonyl (C=O) groups excluding carboxylic acids is 4. The number of aliphatic hydroxyl groups excluding tert-OH is 1. The lowest BCUT2D eigenvalue weighted by molar-refractivity contribution is -0.160. The number of fused-ring (bicyclic) bond motifs is 13. The summed E-state index contributed by atoms with van der Waals surface area (Å²) in [6.07, 6.45) is 5.36. The second-order valence-electron chi connectivity index (χ2n) is 21.5. The quantitative estimate of drug-likeness (QED) is 0.0914. The van der Waals surface area contributed by atoms with E-state index in [0.29, 0.717) is 31.8 Å². The van der Waals surface area contributed by atoms with E-state index in [1.165, 1.54) is 26.2 Å². The van der Waals surface area contributed by atoms with Crippen LogP contribution in [0.15, 0.2) is 46.1 Å². The molecule has 1 saturated heterocycles. The molecule has 408 valence electrons. The molecule has 0 aromatic heterocycles. The van der Waals surface area contributed by atoms with Crippen molar-refractivity contribution in [1.82, 2.24) is 9.80 Å². The fraction of sp³-hybridized carbons (Fsp3) is 0.608. The number of anilines is 1. The molecule has 5 aliphatic rings. The van der Waals surface area contributed by atoms with E-state index < -0.39 is 110 Å². The van der Waals surface area contributed by atoms with E-state index in [0.717, 1.165) is 18.5 Å². The lowest BCUT2D eigenvalue weighted by atomic mass is 9.72. The first-order chi connectivity index (χ1) is 34.2. The van der Waals surface area contributed by atoms with Crippen molar-refractivity contribution in [3.05, 3.63) is 58.0 Å². The molecule has 21 nitrogen and oxygen atoms in total. The lowest BCUT2D eigenvalue weighted by Gasteiger charge is -2.38.